The number of nitrogens with two attached hydrogens (primary N) is 1. The van der Waals surface area contributed by atoms with Crippen LogP contribution in [0.3, 0.4) is 0 Å². The predicted molar refractivity (Wildman–Crippen MR) is 77.5 cm³/mol. The average Bonchev–Trinajstić information content (AvgIpc) is 2.48. The van der Waals surface area contributed by atoms with Gasteiger partial charge < -0.3 is 11.1 Å². The third kappa shape index (κ3) is 3.79. The summed E-state index contributed by atoms with van der Waals surface area (Å²) in [7, 11) is 0. The summed E-state index contributed by atoms with van der Waals surface area (Å²) in [5.41, 5.74) is 6.59. The van der Waals surface area contributed by atoms with Gasteiger partial charge in [0.2, 0.25) is 5.91 Å². The first-order valence-electron chi connectivity index (χ1n) is 7.36. The zero-order chi connectivity index (χ0) is 14.5. The van der Waals surface area contributed by atoms with Gasteiger partial charge in [-0.25, -0.2) is 4.39 Å². The Morgan fingerprint density at radius 3 is 2.45 bits per heavy atom. The van der Waals surface area contributed by atoms with Crippen LogP contribution < -0.4 is 11.1 Å². The molecule has 0 bridgehead atoms. The third-order valence-corrected chi connectivity index (χ3v) is 4.28. The zero-order valence-electron chi connectivity index (χ0n) is 11.9. The van der Waals surface area contributed by atoms with Gasteiger partial charge in [0, 0.05) is 5.92 Å². The molecule has 4 heteroatoms. The van der Waals surface area contributed by atoms with E-state index in [1.165, 1.54) is 12.1 Å². The lowest BCUT2D eigenvalue weighted by Gasteiger charge is -2.28. The Morgan fingerprint density at radius 2 is 1.90 bits per heavy atom. The Bertz CT molecular complexity index is 438. The lowest BCUT2D eigenvalue weighted by atomic mass is 9.81. The van der Waals surface area contributed by atoms with Gasteiger partial charge in [0.1, 0.15) is 5.82 Å². The van der Waals surface area contributed by atoms with Crippen molar-refractivity contribution in [2.45, 2.75) is 38.6 Å². The minimum Gasteiger partial charge on any atom is -0.349 e. The highest BCUT2D eigenvalue weighted by atomic mass is 19.1. The molecule has 0 spiro atoms. The predicted octanol–water partition coefficient (Wildman–Crippen LogP) is 2.77. The SMILES string of the molecule is C[C@H](NC(=O)C1CCC(CN)CC1)c1ccc(F)cc1. The lowest BCUT2D eigenvalue weighted by molar-refractivity contribution is -0.126. The normalized spacial score (nSPS) is 24.1. The summed E-state index contributed by atoms with van der Waals surface area (Å²) in [6, 6.07) is 6.18. The minimum absolute atomic E-state index is 0.0877. The van der Waals surface area contributed by atoms with Crippen LogP contribution in [0, 0.1) is 17.7 Å². The Hall–Kier alpha value is -1.42. The van der Waals surface area contributed by atoms with Crippen LogP contribution in [-0.4, -0.2) is 12.5 Å². The first-order valence-corrected chi connectivity index (χ1v) is 7.36. The summed E-state index contributed by atoms with van der Waals surface area (Å²) >= 11 is 0. The lowest BCUT2D eigenvalue weighted by Crippen LogP contribution is -2.35. The number of benzene rings is 1. The molecule has 1 amide bonds. The number of rotatable bonds is 4. The number of hydrogen-bond acceptors (Lipinski definition) is 2. The zero-order valence-corrected chi connectivity index (χ0v) is 11.9. The molecule has 2 rings (SSSR count). The van der Waals surface area contributed by atoms with Crippen molar-refractivity contribution < 1.29 is 9.18 Å². The van der Waals surface area contributed by atoms with Crippen molar-refractivity contribution in [2.75, 3.05) is 6.54 Å². The van der Waals surface area contributed by atoms with E-state index in [1.54, 1.807) is 12.1 Å². The van der Waals surface area contributed by atoms with Crippen molar-refractivity contribution >= 4 is 5.91 Å². The third-order valence-electron chi connectivity index (χ3n) is 4.28. The molecule has 1 saturated carbocycles. The van der Waals surface area contributed by atoms with Gasteiger partial charge in [0.05, 0.1) is 6.04 Å². The van der Waals surface area contributed by atoms with Crippen LogP contribution in [0.4, 0.5) is 4.39 Å². The van der Waals surface area contributed by atoms with Gasteiger partial charge in [0.25, 0.3) is 0 Å². The van der Waals surface area contributed by atoms with Crippen molar-refractivity contribution in [2.24, 2.45) is 17.6 Å². The van der Waals surface area contributed by atoms with E-state index in [9.17, 15) is 9.18 Å². The quantitative estimate of drug-likeness (QED) is 0.889. The van der Waals surface area contributed by atoms with Gasteiger partial charge >= 0.3 is 0 Å². The fourth-order valence-electron chi connectivity index (χ4n) is 2.83. The molecule has 0 saturated heterocycles. The highest BCUT2D eigenvalue weighted by Gasteiger charge is 2.26. The fourth-order valence-corrected chi connectivity index (χ4v) is 2.83. The van der Waals surface area contributed by atoms with E-state index in [4.69, 9.17) is 5.73 Å². The number of halogens is 1. The first-order chi connectivity index (χ1) is 9.60. The van der Waals surface area contributed by atoms with Crippen molar-refractivity contribution in [3.8, 4) is 0 Å². The second-order valence-electron chi connectivity index (χ2n) is 5.74. The summed E-state index contributed by atoms with van der Waals surface area (Å²) in [6.45, 7) is 2.65. The van der Waals surface area contributed by atoms with Gasteiger partial charge in [-0.1, -0.05) is 12.1 Å². The molecule has 0 unspecified atom stereocenters. The molecule has 1 aromatic rings. The van der Waals surface area contributed by atoms with Crippen LogP contribution in [0.1, 0.15) is 44.2 Å². The maximum Gasteiger partial charge on any atom is 0.223 e. The molecule has 1 fully saturated rings. The molecule has 1 aromatic carbocycles. The smallest absolute Gasteiger partial charge is 0.223 e. The van der Waals surface area contributed by atoms with Crippen LogP contribution in [0.2, 0.25) is 0 Å². The highest BCUT2D eigenvalue weighted by molar-refractivity contribution is 5.79. The van der Waals surface area contributed by atoms with E-state index < -0.39 is 0 Å². The number of carbonyl (C=O) groups is 1. The Balaban J connectivity index is 1.86. The Labute approximate surface area is 119 Å². The molecule has 0 aromatic heterocycles. The number of carbonyl (C=O) groups excluding carboxylic acids is 1. The van der Waals surface area contributed by atoms with Crippen LogP contribution in [0.5, 0.6) is 0 Å². The largest absolute Gasteiger partial charge is 0.349 e. The van der Waals surface area contributed by atoms with Crippen LogP contribution in [-0.2, 0) is 4.79 Å². The molecule has 3 N–H and O–H groups in total. The van der Waals surface area contributed by atoms with Gasteiger partial charge in [0.15, 0.2) is 0 Å². The summed E-state index contributed by atoms with van der Waals surface area (Å²) in [4.78, 5) is 12.2. The molecule has 1 aliphatic carbocycles. The maximum atomic E-state index is 12.9. The molecule has 1 aliphatic rings. The fraction of sp³-hybridized carbons (Fsp3) is 0.562. The van der Waals surface area contributed by atoms with Crippen molar-refractivity contribution in [3.63, 3.8) is 0 Å². The molecule has 0 radical (unpaired) electrons. The molecule has 3 nitrogen and oxygen atoms in total. The number of nitrogens with one attached hydrogen (secondary N) is 1. The molecule has 1 atom stereocenters. The number of amides is 1. The number of hydrogen-bond donors (Lipinski definition) is 2. The summed E-state index contributed by atoms with van der Waals surface area (Å²) in [6.07, 6.45) is 3.92. The van der Waals surface area contributed by atoms with Gasteiger partial charge in [-0.05, 0) is 62.8 Å². The maximum absolute atomic E-state index is 12.9. The van der Waals surface area contributed by atoms with Crippen LogP contribution in [0.15, 0.2) is 24.3 Å². The summed E-state index contributed by atoms with van der Waals surface area (Å²) < 4.78 is 12.9. The van der Waals surface area contributed by atoms with Gasteiger partial charge in [-0.2, -0.15) is 0 Å². The Kier molecular flexibility index (Phi) is 5.12. The van der Waals surface area contributed by atoms with E-state index in [1.807, 2.05) is 6.92 Å². The summed E-state index contributed by atoms with van der Waals surface area (Å²) in [5.74, 6) is 0.527. The van der Waals surface area contributed by atoms with E-state index in [-0.39, 0.29) is 23.7 Å². The topological polar surface area (TPSA) is 55.1 Å². The molecule has 110 valence electrons. The van der Waals surface area contributed by atoms with Gasteiger partial charge in [-0.3, -0.25) is 4.79 Å². The second-order valence-corrected chi connectivity index (χ2v) is 5.74. The minimum atomic E-state index is -0.257. The standard InChI is InChI=1S/C16H23FN2O/c1-11(13-6-8-15(17)9-7-13)19-16(20)14-4-2-12(10-18)3-5-14/h6-9,11-12,14H,2-5,10,18H2,1H3,(H,19,20)/t11-,12?,14?/m0/s1. The molecule has 0 heterocycles. The molecule has 0 aliphatic heterocycles. The van der Waals surface area contributed by atoms with E-state index in [0.29, 0.717) is 5.92 Å². The first kappa shape index (κ1) is 15.0. The van der Waals surface area contributed by atoms with E-state index >= 15 is 0 Å². The van der Waals surface area contributed by atoms with Crippen molar-refractivity contribution in [3.05, 3.63) is 35.6 Å². The monoisotopic (exact) mass is 278 g/mol. The second kappa shape index (κ2) is 6.84. The Morgan fingerprint density at radius 1 is 1.30 bits per heavy atom. The molecule has 20 heavy (non-hydrogen) atoms. The van der Waals surface area contributed by atoms with Crippen LogP contribution in [0.25, 0.3) is 0 Å². The van der Waals surface area contributed by atoms with Crippen molar-refractivity contribution in [1.82, 2.24) is 5.32 Å². The molecular formula is C16H23FN2O. The highest BCUT2D eigenvalue weighted by Crippen LogP contribution is 2.28. The average molecular weight is 278 g/mol. The van der Waals surface area contributed by atoms with Crippen LogP contribution >= 0.6 is 0 Å². The van der Waals surface area contributed by atoms with E-state index in [0.717, 1.165) is 37.8 Å². The van der Waals surface area contributed by atoms with Gasteiger partial charge in [-0.15, -0.1) is 0 Å². The van der Waals surface area contributed by atoms with Crippen molar-refractivity contribution in [1.29, 1.82) is 0 Å². The molecular weight excluding hydrogens is 255 g/mol. The summed E-state index contributed by atoms with van der Waals surface area (Å²) in [5, 5.41) is 3.03. The van der Waals surface area contributed by atoms with E-state index in [2.05, 4.69) is 5.32 Å².